The van der Waals surface area contributed by atoms with Gasteiger partial charge in [-0.25, -0.2) is 0 Å². The molecule has 0 radical (unpaired) electrons. The Morgan fingerprint density at radius 1 is 1.83 bits per heavy atom. The van der Waals surface area contributed by atoms with Crippen LogP contribution in [0.15, 0.2) is 0 Å². The first kappa shape index (κ1) is 6.48. The van der Waals surface area contributed by atoms with Crippen LogP contribution in [0.5, 0.6) is 0 Å². The summed E-state index contributed by atoms with van der Waals surface area (Å²) in [5, 5.41) is 1.14. The van der Waals surface area contributed by atoms with Gasteiger partial charge in [-0.05, 0) is 0 Å². The molecule has 6 heavy (non-hydrogen) atoms. The Balaban J connectivity index is 2.63. The summed E-state index contributed by atoms with van der Waals surface area (Å²) in [6.07, 6.45) is 1.12. The Morgan fingerprint density at radius 2 is 2.33 bits per heavy atom. The first-order valence-corrected chi connectivity index (χ1v) is 3.46. The molecule has 2 N–H and O–H groups in total. The van der Waals surface area contributed by atoms with Gasteiger partial charge in [-0.2, -0.15) is 0 Å². The van der Waals surface area contributed by atoms with E-state index in [1.807, 2.05) is 6.92 Å². The van der Waals surface area contributed by atoms with E-state index in [9.17, 15) is 0 Å². The van der Waals surface area contributed by atoms with Crippen LogP contribution in [0.3, 0.4) is 0 Å². The third-order valence-electron chi connectivity index (χ3n) is 0.584. The maximum atomic E-state index is 5.39. The van der Waals surface area contributed by atoms with E-state index in [0.29, 0.717) is 6.04 Å². The third kappa shape index (κ3) is 4.48. The monoisotopic (exact) mass is 153 g/mol. The summed E-state index contributed by atoms with van der Waals surface area (Å²) in [5.74, 6) is 0. The van der Waals surface area contributed by atoms with Crippen LogP contribution in [0.25, 0.3) is 0 Å². The standard InChI is InChI=1S/C4H11NSe/c1-4(5)2-3-6/h4,6H,2-3,5H2,1H3. The van der Waals surface area contributed by atoms with E-state index in [2.05, 4.69) is 16.0 Å². The molecule has 2 heteroatoms. The zero-order valence-electron chi connectivity index (χ0n) is 4.02. The molecule has 0 aromatic heterocycles. The van der Waals surface area contributed by atoms with Gasteiger partial charge in [0, 0.05) is 0 Å². The first-order chi connectivity index (χ1) is 2.77. The fraction of sp³-hybridized carbons (Fsp3) is 1.00. The minimum absolute atomic E-state index is 0.383. The molecule has 38 valence electrons. The van der Waals surface area contributed by atoms with Crippen LogP contribution in [0.2, 0.25) is 5.32 Å². The predicted octanol–water partition coefficient (Wildman–Crippen LogP) is 0.0428. The molecule has 0 spiro atoms. The second kappa shape index (κ2) is 3.66. The van der Waals surface area contributed by atoms with Gasteiger partial charge < -0.3 is 0 Å². The first-order valence-electron chi connectivity index (χ1n) is 2.14. The molecule has 0 fully saturated rings. The molecule has 0 heterocycles. The zero-order chi connectivity index (χ0) is 4.99. The van der Waals surface area contributed by atoms with Gasteiger partial charge in [0.2, 0.25) is 0 Å². The predicted molar refractivity (Wildman–Crippen MR) is 30.2 cm³/mol. The quantitative estimate of drug-likeness (QED) is 0.555. The van der Waals surface area contributed by atoms with E-state index < -0.39 is 0 Å². The molecule has 0 aliphatic heterocycles. The normalized spacial score (nSPS) is 14.5. The molecule has 0 aliphatic carbocycles. The van der Waals surface area contributed by atoms with Crippen molar-refractivity contribution in [2.24, 2.45) is 5.73 Å². The second-order valence-electron chi connectivity index (χ2n) is 1.49. The van der Waals surface area contributed by atoms with Gasteiger partial charge in [-0.15, -0.1) is 0 Å². The molecule has 0 rings (SSSR count). The third-order valence-corrected chi connectivity index (χ3v) is 1.13. The van der Waals surface area contributed by atoms with Crippen LogP contribution in [0, 0.1) is 0 Å². The van der Waals surface area contributed by atoms with Gasteiger partial charge in [0.1, 0.15) is 0 Å². The van der Waals surface area contributed by atoms with Crippen LogP contribution >= 0.6 is 0 Å². The zero-order valence-corrected chi connectivity index (χ0v) is 5.89. The number of rotatable bonds is 2. The summed E-state index contributed by atoms with van der Waals surface area (Å²) in [6, 6.07) is 0.383. The van der Waals surface area contributed by atoms with Crippen LogP contribution in [0.1, 0.15) is 13.3 Å². The molecule has 0 amide bonds. The maximum absolute atomic E-state index is 5.39. The molecule has 0 aliphatic rings. The summed E-state index contributed by atoms with van der Waals surface area (Å²) in [6.45, 7) is 2.02. The van der Waals surface area contributed by atoms with E-state index in [4.69, 9.17) is 5.73 Å². The molecule has 1 unspecified atom stereocenters. The molecule has 0 aromatic rings. The van der Waals surface area contributed by atoms with Crippen molar-refractivity contribution < 1.29 is 0 Å². The summed E-state index contributed by atoms with van der Waals surface area (Å²) in [4.78, 5) is 0. The number of nitrogens with two attached hydrogens (primary N) is 1. The molecule has 1 atom stereocenters. The van der Waals surface area contributed by atoms with E-state index in [1.54, 1.807) is 0 Å². The second-order valence-corrected chi connectivity index (χ2v) is 2.43. The van der Waals surface area contributed by atoms with Crippen LogP contribution in [0.4, 0.5) is 0 Å². The summed E-state index contributed by atoms with van der Waals surface area (Å²) in [5.41, 5.74) is 5.39. The van der Waals surface area contributed by atoms with Gasteiger partial charge in [-0.1, -0.05) is 0 Å². The SMILES string of the molecule is CC(N)CC[SeH]. The van der Waals surface area contributed by atoms with Crippen molar-refractivity contribution in [3.63, 3.8) is 0 Å². The fourth-order valence-corrected chi connectivity index (χ4v) is 1.06. The molecular weight excluding hydrogens is 141 g/mol. The van der Waals surface area contributed by atoms with Gasteiger partial charge in [0.05, 0.1) is 0 Å². The summed E-state index contributed by atoms with van der Waals surface area (Å²) >= 11 is 2.52. The van der Waals surface area contributed by atoms with E-state index >= 15 is 0 Å². The Hall–Kier alpha value is 0.479. The molecule has 0 bridgehead atoms. The van der Waals surface area contributed by atoms with Crippen molar-refractivity contribution in [2.75, 3.05) is 0 Å². The number of hydrogen-bond donors (Lipinski definition) is 1. The van der Waals surface area contributed by atoms with Crippen molar-refractivity contribution in [1.29, 1.82) is 0 Å². The summed E-state index contributed by atoms with van der Waals surface area (Å²) < 4.78 is 0. The van der Waals surface area contributed by atoms with E-state index in [1.165, 1.54) is 0 Å². The van der Waals surface area contributed by atoms with Crippen molar-refractivity contribution in [1.82, 2.24) is 0 Å². The topological polar surface area (TPSA) is 26.0 Å². The van der Waals surface area contributed by atoms with Crippen molar-refractivity contribution in [3.8, 4) is 0 Å². The molecule has 0 aromatic carbocycles. The Morgan fingerprint density at radius 3 is 2.33 bits per heavy atom. The van der Waals surface area contributed by atoms with E-state index in [0.717, 1.165) is 11.7 Å². The Bertz CT molecular complexity index is 28.7. The van der Waals surface area contributed by atoms with Gasteiger partial charge >= 0.3 is 46.5 Å². The number of hydrogen-bond acceptors (Lipinski definition) is 1. The molecule has 1 nitrogen and oxygen atoms in total. The van der Waals surface area contributed by atoms with Crippen molar-refractivity contribution in [3.05, 3.63) is 0 Å². The Labute approximate surface area is 47.1 Å². The molecular formula is C4H11NSe. The van der Waals surface area contributed by atoms with Crippen LogP contribution in [-0.4, -0.2) is 22.1 Å². The fourth-order valence-electron chi connectivity index (χ4n) is 0.204. The van der Waals surface area contributed by atoms with Crippen LogP contribution in [-0.2, 0) is 0 Å². The van der Waals surface area contributed by atoms with Gasteiger partial charge in [-0.3, -0.25) is 0 Å². The van der Waals surface area contributed by atoms with Crippen molar-refractivity contribution >= 4 is 16.0 Å². The molecule has 0 saturated carbocycles. The minimum atomic E-state index is 0.383. The van der Waals surface area contributed by atoms with Crippen molar-refractivity contribution in [2.45, 2.75) is 24.7 Å². The Kier molecular flexibility index (Phi) is 3.95. The average Bonchev–Trinajstić information content (AvgIpc) is 1.35. The van der Waals surface area contributed by atoms with Gasteiger partial charge in [0.25, 0.3) is 0 Å². The summed E-state index contributed by atoms with van der Waals surface area (Å²) in [7, 11) is 0. The molecule has 0 saturated heterocycles. The van der Waals surface area contributed by atoms with E-state index in [-0.39, 0.29) is 0 Å². The van der Waals surface area contributed by atoms with Gasteiger partial charge in [0.15, 0.2) is 0 Å². The average molecular weight is 152 g/mol. The van der Waals surface area contributed by atoms with Crippen LogP contribution < -0.4 is 5.73 Å².